The van der Waals surface area contributed by atoms with Gasteiger partial charge in [-0.25, -0.2) is 13.1 Å². The molecule has 0 radical (unpaired) electrons. The third kappa shape index (κ3) is 6.06. The molecule has 11 heteroatoms. The van der Waals surface area contributed by atoms with Crippen molar-refractivity contribution in [2.75, 3.05) is 43.9 Å². The van der Waals surface area contributed by atoms with Gasteiger partial charge in [0.2, 0.25) is 15.9 Å². The van der Waals surface area contributed by atoms with Gasteiger partial charge in [0.25, 0.3) is 5.91 Å². The normalized spacial score (nSPS) is 14.2. The minimum Gasteiger partial charge on any atom is -0.451 e. The first-order valence-corrected chi connectivity index (χ1v) is 13.0. The monoisotopic (exact) mass is 498 g/mol. The van der Waals surface area contributed by atoms with Crippen LogP contribution in [0.3, 0.4) is 0 Å². The first kappa shape index (κ1) is 24.4. The highest BCUT2D eigenvalue weighted by atomic mass is 32.2. The van der Waals surface area contributed by atoms with Gasteiger partial charge in [0, 0.05) is 44.5 Å². The number of fused-ring (bicyclic) bond motifs is 1. The van der Waals surface area contributed by atoms with Crippen LogP contribution in [0.5, 0.6) is 0 Å². The highest BCUT2D eigenvalue weighted by Crippen LogP contribution is 2.22. The number of hydrogen-bond acceptors (Lipinski definition) is 7. The molecule has 3 aromatic rings. The molecule has 0 bridgehead atoms. The number of carbonyl (C=O) groups is 2. The number of hydrogen-bond donors (Lipinski definition) is 2. The Morgan fingerprint density at radius 1 is 1.00 bits per heavy atom. The topological polar surface area (TPSA) is 129 Å². The minimum atomic E-state index is -3.32. The third-order valence-electron chi connectivity index (χ3n) is 5.75. The number of rotatable bonds is 7. The van der Waals surface area contributed by atoms with E-state index in [0.717, 1.165) is 23.6 Å². The number of benzene rings is 2. The molecule has 2 aromatic carbocycles. The van der Waals surface area contributed by atoms with Crippen LogP contribution in [0.4, 0.5) is 5.69 Å². The van der Waals surface area contributed by atoms with E-state index in [1.54, 1.807) is 29.2 Å². The smallest absolute Gasteiger partial charge is 0.287 e. The number of amides is 2. The lowest BCUT2D eigenvalue weighted by molar-refractivity contribution is -0.130. The number of nitrogens with zero attached hydrogens (tertiary/aromatic N) is 2. The number of para-hydroxylation sites is 2. The second-order valence-corrected chi connectivity index (χ2v) is 10.1. The summed E-state index contributed by atoms with van der Waals surface area (Å²) in [5.41, 5.74) is 1.74. The summed E-state index contributed by atoms with van der Waals surface area (Å²) in [7, 11) is -3.32. The molecule has 1 aliphatic rings. The lowest BCUT2D eigenvalue weighted by atomic mass is 10.1. The minimum absolute atomic E-state index is 0.148. The highest BCUT2D eigenvalue weighted by molar-refractivity contribution is 7.88. The third-order valence-corrected chi connectivity index (χ3v) is 6.42. The lowest BCUT2D eigenvalue weighted by Crippen LogP contribution is -2.51. The van der Waals surface area contributed by atoms with Gasteiger partial charge in [-0.15, -0.1) is 0 Å². The van der Waals surface area contributed by atoms with Gasteiger partial charge in [0.15, 0.2) is 11.2 Å². The van der Waals surface area contributed by atoms with E-state index in [-0.39, 0.29) is 30.2 Å². The van der Waals surface area contributed by atoms with Crippen molar-refractivity contribution in [3.8, 4) is 0 Å². The second-order valence-electron chi connectivity index (χ2n) is 8.24. The summed E-state index contributed by atoms with van der Waals surface area (Å²) in [6.45, 7) is 2.00. The van der Waals surface area contributed by atoms with Gasteiger partial charge < -0.3 is 19.5 Å². The number of carbonyl (C=O) groups excluding carboxylic acids is 2. The van der Waals surface area contributed by atoms with Crippen molar-refractivity contribution in [1.29, 1.82) is 0 Å². The number of nitrogens with one attached hydrogen (secondary N) is 2. The van der Waals surface area contributed by atoms with E-state index >= 15 is 0 Å². The van der Waals surface area contributed by atoms with Crippen molar-refractivity contribution in [1.82, 2.24) is 14.9 Å². The maximum Gasteiger partial charge on any atom is 0.287 e. The molecule has 4 rings (SSSR count). The molecule has 0 aliphatic carbocycles. The van der Waals surface area contributed by atoms with E-state index < -0.39 is 15.9 Å². The molecule has 35 heavy (non-hydrogen) atoms. The Balaban J connectivity index is 1.32. The van der Waals surface area contributed by atoms with Gasteiger partial charge in [0.1, 0.15) is 5.58 Å². The summed E-state index contributed by atoms with van der Waals surface area (Å²) in [6, 6.07) is 15.3. The maximum atomic E-state index is 12.7. The Kier molecular flexibility index (Phi) is 7.17. The van der Waals surface area contributed by atoms with Crippen LogP contribution in [0, 0.1) is 0 Å². The summed E-state index contributed by atoms with van der Waals surface area (Å²) in [5.74, 6) is -1.02. The van der Waals surface area contributed by atoms with Crippen molar-refractivity contribution in [2.24, 2.45) is 0 Å². The van der Waals surface area contributed by atoms with Crippen molar-refractivity contribution in [3.63, 3.8) is 0 Å². The molecule has 184 valence electrons. The zero-order chi connectivity index (χ0) is 25.0. The van der Waals surface area contributed by atoms with Gasteiger partial charge in [-0.2, -0.15) is 0 Å². The van der Waals surface area contributed by atoms with Gasteiger partial charge >= 0.3 is 0 Å². The zero-order valence-corrected chi connectivity index (χ0v) is 20.0. The predicted molar refractivity (Wildman–Crippen MR) is 132 cm³/mol. The lowest BCUT2D eigenvalue weighted by Gasteiger charge is -2.37. The molecule has 2 heterocycles. The molecular weight excluding hydrogens is 472 g/mol. The average molecular weight is 499 g/mol. The summed E-state index contributed by atoms with van der Waals surface area (Å²) < 4.78 is 31.0. The molecule has 10 nitrogen and oxygen atoms in total. The average Bonchev–Trinajstić information content (AvgIpc) is 2.85. The van der Waals surface area contributed by atoms with Crippen LogP contribution in [-0.4, -0.2) is 64.1 Å². The molecule has 2 N–H and O–H groups in total. The van der Waals surface area contributed by atoms with E-state index in [1.165, 1.54) is 0 Å². The van der Waals surface area contributed by atoms with Crippen LogP contribution < -0.4 is 20.4 Å². The summed E-state index contributed by atoms with van der Waals surface area (Å²) in [6.07, 6.45) is 1.12. The molecule has 0 atom stereocenters. The Morgan fingerprint density at radius 2 is 1.69 bits per heavy atom. The Bertz CT molecular complexity index is 1410. The van der Waals surface area contributed by atoms with Crippen molar-refractivity contribution in [3.05, 3.63) is 76.1 Å². The number of sulfonamides is 1. The Labute approximate surface area is 202 Å². The molecule has 0 unspecified atom stereocenters. The van der Waals surface area contributed by atoms with Crippen LogP contribution in [0.1, 0.15) is 16.1 Å². The first-order valence-electron chi connectivity index (χ1n) is 11.1. The number of anilines is 1. The van der Waals surface area contributed by atoms with Gasteiger partial charge in [-0.05, 0) is 23.8 Å². The first-order chi connectivity index (χ1) is 16.7. The molecular formula is C24H26N4O6S. The second kappa shape index (κ2) is 10.3. The molecule has 1 saturated heterocycles. The van der Waals surface area contributed by atoms with Crippen LogP contribution in [0.25, 0.3) is 11.0 Å². The fourth-order valence-electron chi connectivity index (χ4n) is 3.95. The van der Waals surface area contributed by atoms with Crippen LogP contribution in [0.15, 0.2) is 63.8 Å². The molecule has 1 aliphatic heterocycles. The van der Waals surface area contributed by atoms with E-state index in [0.29, 0.717) is 37.1 Å². The van der Waals surface area contributed by atoms with Gasteiger partial charge in [-0.3, -0.25) is 14.4 Å². The van der Waals surface area contributed by atoms with Crippen molar-refractivity contribution >= 4 is 38.5 Å². The van der Waals surface area contributed by atoms with E-state index in [2.05, 4.69) is 14.9 Å². The molecule has 1 fully saturated rings. The van der Waals surface area contributed by atoms with Crippen molar-refractivity contribution in [2.45, 2.75) is 6.54 Å². The maximum absolute atomic E-state index is 12.7. The van der Waals surface area contributed by atoms with Crippen LogP contribution >= 0.6 is 0 Å². The molecule has 2 amide bonds. The number of piperazine rings is 1. The molecule has 1 aromatic heterocycles. The fourth-order valence-corrected chi connectivity index (χ4v) is 4.36. The predicted octanol–water partition coefficient (Wildman–Crippen LogP) is 0.921. The fraction of sp³-hybridized carbons (Fsp3) is 0.292. The van der Waals surface area contributed by atoms with E-state index in [4.69, 9.17) is 4.42 Å². The van der Waals surface area contributed by atoms with Crippen molar-refractivity contribution < 1.29 is 22.4 Å². The Morgan fingerprint density at radius 3 is 2.43 bits per heavy atom. The highest BCUT2D eigenvalue weighted by Gasteiger charge is 2.23. The molecule has 0 spiro atoms. The quantitative estimate of drug-likeness (QED) is 0.496. The largest absolute Gasteiger partial charge is 0.451 e. The van der Waals surface area contributed by atoms with Gasteiger partial charge in [0.05, 0.1) is 18.2 Å². The standard InChI is InChI=1S/C24H26N4O6S/c1-35(32,33)26-15-17-6-2-4-8-19(17)27-10-12-28(13-11-27)23(30)16-25-24(31)22-14-20(29)18-7-3-5-9-21(18)34-22/h2-9,14,26H,10-13,15-16H2,1H3,(H,25,31). The SMILES string of the molecule is CS(=O)(=O)NCc1ccccc1N1CCN(C(=O)CNC(=O)c2cc(=O)c3ccccc3o2)CC1. The van der Waals surface area contributed by atoms with E-state index in [1.807, 2.05) is 24.3 Å². The summed E-state index contributed by atoms with van der Waals surface area (Å²) in [4.78, 5) is 41.1. The van der Waals surface area contributed by atoms with Gasteiger partial charge in [-0.1, -0.05) is 30.3 Å². The summed E-state index contributed by atoms with van der Waals surface area (Å²) in [5, 5.41) is 2.91. The van der Waals surface area contributed by atoms with Crippen LogP contribution in [-0.2, 0) is 21.4 Å². The van der Waals surface area contributed by atoms with E-state index in [9.17, 15) is 22.8 Å². The Hall–Kier alpha value is -3.70. The van der Waals surface area contributed by atoms with Crippen LogP contribution in [0.2, 0.25) is 0 Å². The molecule has 0 saturated carbocycles. The summed E-state index contributed by atoms with van der Waals surface area (Å²) >= 11 is 0. The zero-order valence-electron chi connectivity index (χ0n) is 19.2.